The van der Waals surface area contributed by atoms with Crippen LogP contribution in [-0.4, -0.2) is 100 Å². The summed E-state index contributed by atoms with van der Waals surface area (Å²) in [6.07, 6.45) is 4.75. The van der Waals surface area contributed by atoms with Crippen LogP contribution in [0.2, 0.25) is 0 Å². The van der Waals surface area contributed by atoms with Crippen LogP contribution in [0, 0.1) is 5.92 Å². The Bertz CT molecular complexity index is 507. The largest absolute Gasteiger partial charge is 0.379 e. The molecule has 2 rings (SSSR count). The maximum absolute atomic E-state index is 12.0. The van der Waals surface area contributed by atoms with Crippen LogP contribution in [0.4, 0.5) is 0 Å². The van der Waals surface area contributed by atoms with Crippen LogP contribution in [0.3, 0.4) is 0 Å². The number of likely N-dealkylation sites (N-methyl/N-ethyl adjacent to an activating group) is 1. The fourth-order valence-electron chi connectivity index (χ4n) is 3.70. The first-order valence-corrected chi connectivity index (χ1v) is 11.1. The lowest BCUT2D eigenvalue weighted by Gasteiger charge is -2.36. The van der Waals surface area contributed by atoms with Crippen LogP contribution in [0.15, 0.2) is 4.99 Å². The highest BCUT2D eigenvalue weighted by Crippen LogP contribution is 2.13. The Morgan fingerprint density at radius 1 is 1.17 bits per heavy atom. The summed E-state index contributed by atoms with van der Waals surface area (Å²) in [5.41, 5.74) is 0. The number of amides is 1. The first-order chi connectivity index (χ1) is 14.0. The van der Waals surface area contributed by atoms with Gasteiger partial charge in [0.2, 0.25) is 5.91 Å². The van der Waals surface area contributed by atoms with Crippen LogP contribution in [0.5, 0.6) is 0 Å². The van der Waals surface area contributed by atoms with Gasteiger partial charge in [-0.2, -0.15) is 0 Å². The van der Waals surface area contributed by atoms with Gasteiger partial charge in [0.1, 0.15) is 6.54 Å². The summed E-state index contributed by atoms with van der Waals surface area (Å²) in [6, 6.07) is 0.418. The van der Waals surface area contributed by atoms with Gasteiger partial charge in [-0.05, 0) is 31.6 Å². The normalized spacial score (nSPS) is 21.6. The molecule has 30 heavy (non-hydrogen) atoms. The molecule has 1 amide bonds. The van der Waals surface area contributed by atoms with Crippen LogP contribution in [-0.2, 0) is 14.3 Å². The van der Waals surface area contributed by atoms with Crippen LogP contribution in [0.1, 0.15) is 39.5 Å². The van der Waals surface area contributed by atoms with E-state index >= 15 is 0 Å². The molecule has 0 bridgehead atoms. The van der Waals surface area contributed by atoms with E-state index in [1.54, 1.807) is 19.0 Å². The van der Waals surface area contributed by atoms with Crippen molar-refractivity contribution in [2.75, 3.05) is 66.6 Å². The average Bonchev–Trinajstić information content (AvgIpc) is 2.73. The molecule has 0 aromatic rings. The summed E-state index contributed by atoms with van der Waals surface area (Å²) in [5.74, 6) is 1.30. The predicted molar refractivity (Wildman–Crippen MR) is 132 cm³/mol. The maximum atomic E-state index is 12.0. The molecule has 2 N–H and O–H groups in total. The third-order valence-electron chi connectivity index (χ3n) is 5.45. The smallest absolute Gasteiger partial charge is 0.243 e. The maximum Gasteiger partial charge on any atom is 0.243 e. The molecule has 8 nitrogen and oxygen atoms in total. The minimum Gasteiger partial charge on any atom is -0.379 e. The van der Waals surface area contributed by atoms with Gasteiger partial charge >= 0.3 is 0 Å². The standard InChI is InChI=1S/C21H41N5O3.HI/c1-17(2)13-18(26-8-11-28-12-9-26)14-22-21(24-16-20(27)25(3)4)23-15-19-7-5-6-10-29-19;/h17-19H,5-16H2,1-4H3,(H2,22,23,24);1H. The Labute approximate surface area is 199 Å². The average molecular weight is 540 g/mol. The molecule has 2 atom stereocenters. The molecular weight excluding hydrogens is 497 g/mol. The van der Waals surface area contributed by atoms with Gasteiger partial charge in [0.05, 0.1) is 19.3 Å². The number of hydrogen-bond donors (Lipinski definition) is 2. The molecule has 0 spiro atoms. The number of carbonyl (C=O) groups is 1. The molecule has 2 aliphatic heterocycles. The van der Waals surface area contributed by atoms with Gasteiger partial charge in [-0.1, -0.05) is 13.8 Å². The van der Waals surface area contributed by atoms with Crippen molar-refractivity contribution in [1.29, 1.82) is 0 Å². The Hall–Kier alpha value is -0.650. The second-order valence-electron chi connectivity index (χ2n) is 8.64. The third kappa shape index (κ3) is 10.6. The number of morpholine rings is 1. The molecule has 2 unspecified atom stereocenters. The van der Waals surface area contributed by atoms with E-state index in [1.165, 1.54) is 6.42 Å². The zero-order chi connectivity index (χ0) is 21.1. The molecule has 176 valence electrons. The van der Waals surface area contributed by atoms with Crippen molar-refractivity contribution in [2.24, 2.45) is 10.9 Å². The van der Waals surface area contributed by atoms with Crippen LogP contribution < -0.4 is 10.6 Å². The fraction of sp³-hybridized carbons (Fsp3) is 0.905. The van der Waals surface area contributed by atoms with E-state index in [9.17, 15) is 4.79 Å². The van der Waals surface area contributed by atoms with Crippen molar-refractivity contribution in [2.45, 2.75) is 51.7 Å². The lowest BCUT2D eigenvalue weighted by molar-refractivity contribution is -0.127. The lowest BCUT2D eigenvalue weighted by atomic mass is 10.0. The van der Waals surface area contributed by atoms with Gasteiger partial charge in [-0.3, -0.25) is 9.69 Å². The quantitative estimate of drug-likeness (QED) is 0.263. The molecule has 2 saturated heterocycles. The third-order valence-corrected chi connectivity index (χ3v) is 5.45. The lowest BCUT2D eigenvalue weighted by Crippen LogP contribution is -2.52. The molecule has 0 radical (unpaired) electrons. The van der Waals surface area contributed by atoms with Crippen molar-refractivity contribution in [1.82, 2.24) is 20.4 Å². The number of nitrogens with one attached hydrogen (secondary N) is 2. The van der Waals surface area contributed by atoms with Crippen molar-refractivity contribution in [3.8, 4) is 0 Å². The van der Waals surface area contributed by atoms with Crippen LogP contribution >= 0.6 is 24.0 Å². The Morgan fingerprint density at radius 2 is 1.90 bits per heavy atom. The Balaban J connectivity index is 0.00000450. The highest BCUT2D eigenvalue weighted by molar-refractivity contribution is 14.0. The van der Waals surface area contributed by atoms with Gasteiger partial charge in [0.25, 0.3) is 0 Å². The summed E-state index contributed by atoms with van der Waals surface area (Å²) in [4.78, 5) is 20.6. The van der Waals surface area contributed by atoms with Crippen molar-refractivity contribution < 1.29 is 14.3 Å². The van der Waals surface area contributed by atoms with Gasteiger partial charge in [-0.15, -0.1) is 24.0 Å². The number of hydrogen-bond acceptors (Lipinski definition) is 5. The number of halogens is 1. The number of nitrogens with zero attached hydrogens (tertiary/aromatic N) is 3. The van der Waals surface area contributed by atoms with E-state index in [1.807, 2.05) is 0 Å². The summed E-state index contributed by atoms with van der Waals surface area (Å²) < 4.78 is 11.3. The van der Waals surface area contributed by atoms with Gasteiger partial charge in [-0.25, -0.2) is 4.99 Å². The molecule has 2 aliphatic rings. The molecule has 2 fully saturated rings. The van der Waals surface area contributed by atoms with E-state index in [2.05, 4.69) is 34.4 Å². The Morgan fingerprint density at radius 3 is 2.50 bits per heavy atom. The highest BCUT2D eigenvalue weighted by Gasteiger charge is 2.22. The molecular formula is C21H42IN5O3. The highest BCUT2D eigenvalue weighted by atomic mass is 127. The van der Waals surface area contributed by atoms with E-state index in [-0.39, 0.29) is 42.5 Å². The number of ether oxygens (including phenoxy) is 2. The molecule has 2 heterocycles. The van der Waals surface area contributed by atoms with Crippen molar-refractivity contribution >= 4 is 35.8 Å². The first-order valence-electron chi connectivity index (χ1n) is 11.1. The number of guanidine groups is 1. The predicted octanol–water partition coefficient (Wildman–Crippen LogP) is 1.54. The summed E-state index contributed by atoms with van der Waals surface area (Å²) >= 11 is 0. The van der Waals surface area contributed by atoms with E-state index in [4.69, 9.17) is 9.47 Å². The number of rotatable bonds is 9. The number of carbonyl (C=O) groups excluding carboxylic acids is 1. The molecule has 0 aliphatic carbocycles. The fourth-order valence-corrected chi connectivity index (χ4v) is 3.70. The second-order valence-corrected chi connectivity index (χ2v) is 8.64. The summed E-state index contributed by atoms with van der Waals surface area (Å²) in [7, 11) is 3.51. The zero-order valence-electron chi connectivity index (χ0n) is 19.2. The van der Waals surface area contributed by atoms with E-state index in [0.29, 0.717) is 24.5 Å². The first kappa shape index (κ1) is 27.4. The van der Waals surface area contributed by atoms with Crippen LogP contribution in [0.25, 0.3) is 0 Å². The molecule has 9 heteroatoms. The number of aliphatic imine (C=N–C) groups is 1. The van der Waals surface area contributed by atoms with E-state index < -0.39 is 0 Å². The van der Waals surface area contributed by atoms with Gasteiger partial charge in [0, 0.05) is 52.9 Å². The monoisotopic (exact) mass is 539 g/mol. The Kier molecular flexibility index (Phi) is 13.9. The summed E-state index contributed by atoms with van der Waals surface area (Å²) in [6.45, 7) is 10.5. The minimum atomic E-state index is -0.00748. The SMILES string of the molecule is CC(C)CC(CNC(=NCC(=O)N(C)C)NCC1CCCCO1)N1CCOCC1.I. The molecule has 0 aromatic carbocycles. The zero-order valence-corrected chi connectivity index (χ0v) is 21.5. The van der Waals surface area contributed by atoms with Gasteiger partial charge in [0.15, 0.2) is 5.96 Å². The van der Waals surface area contributed by atoms with Crippen molar-refractivity contribution in [3.05, 3.63) is 0 Å². The summed E-state index contributed by atoms with van der Waals surface area (Å²) in [5, 5.41) is 6.88. The molecule has 0 aromatic heterocycles. The minimum absolute atomic E-state index is 0. The molecule has 0 saturated carbocycles. The van der Waals surface area contributed by atoms with Gasteiger partial charge < -0.3 is 25.0 Å². The topological polar surface area (TPSA) is 78.4 Å². The van der Waals surface area contributed by atoms with E-state index in [0.717, 1.165) is 58.7 Å². The van der Waals surface area contributed by atoms with Crippen molar-refractivity contribution in [3.63, 3.8) is 0 Å². The second kappa shape index (κ2) is 15.2.